The highest BCUT2D eigenvalue weighted by molar-refractivity contribution is 9.10. The number of hydrogen-bond donors (Lipinski definition) is 2. The van der Waals surface area contributed by atoms with Gasteiger partial charge in [-0.15, -0.1) is 0 Å². The smallest absolute Gasteiger partial charge is 0.125 e. The average molecular weight is 300 g/mol. The van der Waals surface area contributed by atoms with Gasteiger partial charge >= 0.3 is 0 Å². The van der Waals surface area contributed by atoms with Crippen molar-refractivity contribution >= 4 is 15.9 Å². The van der Waals surface area contributed by atoms with Crippen molar-refractivity contribution in [1.29, 1.82) is 0 Å². The van der Waals surface area contributed by atoms with Crippen molar-refractivity contribution in [3.8, 4) is 5.75 Å². The van der Waals surface area contributed by atoms with E-state index < -0.39 is 5.60 Å². The lowest BCUT2D eigenvalue weighted by Crippen LogP contribution is -2.38. The Hall–Kier alpha value is -0.580. The van der Waals surface area contributed by atoms with Gasteiger partial charge in [0.05, 0.1) is 12.2 Å². The molecule has 0 saturated heterocycles. The van der Waals surface area contributed by atoms with Crippen LogP contribution in [0.25, 0.3) is 0 Å². The molecule has 0 spiro atoms. The monoisotopic (exact) mass is 299 g/mol. The average Bonchev–Trinajstić information content (AvgIpc) is 2.64. The maximum Gasteiger partial charge on any atom is 0.125 e. The fourth-order valence-corrected chi connectivity index (χ4v) is 2.88. The van der Waals surface area contributed by atoms with E-state index in [-0.39, 0.29) is 0 Å². The van der Waals surface area contributed by atoms with Gasteiger partial charge in [0.25, 0.3) is 0 Å². The Bertz CT molecular complexity index is 418. The Balaban J connectivity index is 2.27. The Kier molecular flexibility index (Phi) is 3.76. The Morgan fingerprint density at radius 2 is 2.29 bits per heavy atom. The van der Waals surface area contributed by atoms with Gasteiger partial charge in [-0.3, -0.25) is 0 Å². The molecule has 0 amide bonds. The Morgan fingerprint density at radius 1 is 1.53 bits per heavy atom. The van der Waals surface area contributed by atoms with Crippen molar-refractivity contribution in [3.05, 3.63) is 27.7 Å². The third-order valence-corrected chi connectivity index (χ3v) is 3.41. The van der Waals surface area contributed by atoms with E-state index in [4.69, 9.17) is 4.74 Å². The minimum atomic E-state index is -0.755. The lowest BCUT2D eigenvalue weighted by atomic mass is 9.94. The lowest BCUT2D eigenvalue weighted by Gasteiger charge is -2.24. The molecule has 0 saturated carbocycles. The summed E-state index contributed by atoms with van der Waals surface area (Å²) in [7, 11) is 1.84. The van der Waals surface area contributed by atoms with E-state index in [9.17, 15) is 5.11 Å². The quantitative estimate of drug-likeness (QED) is 0.892. The van der Waals surface area contributed by atoms with E-state index in [1.54, 1.807) is 0 Å². The third kappa shape index (κ3) is 3.00. The molecule has 94 valence electrons. The number of hydrogen-bond acceptors (Lipinski definition) is 3. The fourth-order valence-electron chi connectivity index (χ4n) is 2.33. The molecular formula is C13H18BrNO2. The molecule has 1 heterocycles. The molecule has 3 nitrogen and oxygen atoms in total. The van der Waals surface area contributed by atoms with Crippen molar-refractivity contribution in [2.45, 2.75) is 25.4 Å². The van der Waals surface area contributed by atoms with Gasteiger partial charge in [0, 0.05) is 23.9 Å². The SMILES string of the molecule is CNCC(C)(O)Cc1cc(Br)cc2c1OCC2. The standard InChI is InChI=1S/C13H18BrNO2/c1-13(16,8-15-2)7-10-6-11(14)5-9-3-4-17-12(9)10/h5-6,15-16H,3-4,7-8H2,1-2H3. The van der Waals surface area contributed by atoms with Gasteiger partial charge in [0.15, 0.2) is 0 Å². The first-order valence-corrected chi connectivity index (χ1v) is 6.62. The third-order valence-electron chi connectivity index (χ3n) is 2.95. The first-order chi connectivity index (χ1) is 8.02. The molecule has 0 bridgehead atoms. The van der Waals surface area contributed by atoms with Gasteiger partial charge in [-0.05, 0) is 37.2 Å². The van der Waals surface area contributed by atoms with E-state index in [2.05, 4.69) is 27.3 Å². The molecule has 17 heavy (non-hydrogen) atoms. The van der Waals surface area contributed by atoms with Crippen LogP contribution in [0, 0.1) is 0 Å². The first-order valence-electron chi connectivity index (χ1n) is 5.83. The summed E-state index contributed by atoms with van der Waals surface area (Å²) in [6.45, 7) is 3.15. The van der Waals surface area contributed by atoms with E-state index in [1.165, 1.54) is 5.56 Å². The summed E-state index contributed by atoms with van der Waals surface area (Å²) >= 11 is 3.51. The summed E-state index contributed by atoms with van der Waals surface area (Å²) in [4.78, 5) is 0. The van der Waals surface area contributed by atoms with Crippen molar-refractivity contribution in [2.24, 2.45) is 0 Å². The second kappa shape index (κ2) is 4.96. The molecule has 1 unspecified atom stereocenters. The summed E-state index contributed by atoms with van der Waals surface area (Å²) in [6, 6.07) is 4.13. The van der Waals surface area contributed by atoms with Crippen molar-refractivity contribution < 1.29 is 9.84 Å². The summed E-state index contributed by atoms with van der Waals surface area (Å²) in [6.07, 6.45) is 1.55. The molecule has 4 heteroatoms. The van der Waals surface area contributed by atoms with E-state index >= 15 is 0 Å². The van der Waals surface area contributed by atoms with Crippen LogP contribution in [0.4, 0.5) is 0 Å². The molecule has 1 aliphatic heterocycles. The maximum absolute atomic E-state index is 10.3. The number of ether oxygens (including phenoxy) is 1. The number of nitrogens with one attached hydrogen (secondary N) is 1. The van der Waals surface area contributed by atoms with Crippen LogP contribution >= 0.6 is 15.9 Å². The van der Waals surface area contributed by atoms with Crippen LogP contribution < -0.4 is 10.1 Å². The summed E-state index contributed by atoms with van der Waals surface area (Å²) in [5.74, 6) is 0.963. The largest absolute Gasteiger partial charge is 0.493 e. The molecule has 1 atom stereocenters. The molecule has 0 aromatic heterocycles. The molecular weight excluding hydrogens is 282 g/mol. The first kappa shape index (κ1) is 12.9. The molecule has 2 N–H and O–H groups in total. The van der Waals surface area contributed by atoms with Gasteiger partial charge in [-0.1, -0.05) is 15.9 Å². The predicted molar refractivity (Wildman–Crippen MR) is 71.6 cm³/mol. The molecule has 1 aliphatic rings. The predicted octanol–water partition coefficient (Wildman–Crippen LogP) is 1.90. The van der Waals surface area contributed by atoms with Gasteiger partial charge in [0.2, 0.25) is 0 Å². The normalized spacial score (nSPS) is 17.4. The fraction of sp³-hybridized carbons (Fsp3) is 0.538. The highest BCUT2D eigenvalue weighted by Crippen LogP contribution is 2.34. The number of aliphatic hydroxyl groups is 1. The second-order valence-corrected chi connectivity index (χ2v) is 5.77. The molecule has 1 aromatic carbocycles. The minimum Gasteiger partial charge on any atom is -0.493 e. The van der Waals surface area contributed by atoms with Crippen molar-refractivity contribution in [3.63, 3.8) is 0 Å². The van der Waals surface area contributed by atoms with Crippen LogP contribution in [-0.2, 0) is 12.8 Å². The van der Waals surface area contributed by atoms with Crippen LogP contribution in [0.5, 0.6) is 5.75 Å². The zero-order valence-corrected chi connectivity index (χ0v) is 11.8. The number of halogens is 1. The van der Waals surface area contributed by atoms with Crippen molar-refractivity contribution in [1.82, 2.24) is 5.32 Å². The van der Waals surface area contributed by atoms with Crippen molar-refractivity contribution in [2.75, 3.05) is 20.2 Å². The summed E-state index contributed by atoms with van der Waals surface area (Å²) < 4.78 is 6.71. The van der Waals surface area contributed by atoms with Crippen LogP contribution in [-0.4, -0.2) is 30.9 Å². The number of likely N-dealkylation sites (N-methyl/N-ethyl adjacent to an activating group) is 1. The molecule has 1 aromatic rings. The van der Waals surface area contributed by atoms with Crippen LogP contribution in [0.1, 0.15) is 18.1 Å². The van der Waals surface area contributed by atoms with E-state index in [0.29, 0.717) is 13.0 Å². The summed E-state index contributed by atoms with van der Waals surface area (Å²) in [5, 5.41) is 13.3. The van der Waals surface area contributed by atoms with Crippen LogP contribution in [0.3, 0.4) is 0 Å². The maximum atomic E-state index is 10.3. The van der Waals surface area contributed by atoms with Gasteiger partial charge in [-0.25, -0.2) is 0 Å². The highest BCUT2D eigenvalue weighted by atomic mass is 79.9. The summed E-state index contributed by atoms with van der Waals surface area (Å²) in [5.41, 5.74) is 1.55. The highest BCUT2D eigenvalue weighted by Gasteiger charge is 2.25. The number of fused-ring (bicyclic) bond motifs is 1. The van der Waals surface area contributed by atoms with Gasteiger partial charge in [0.1, 0.15) is 5.75 Å². The Morgan fingerprint density at radius 3 is 3.00 bits per heavy atom. The zero-order valence-electron chi connectivity index (χ0n) is 10.2. The molecule has 0 radical (unpaired) electrons. The molecule has 0 fully saturated rings. The van der Waals surface area contributed by atoms with E-state index in [0.717, 1.165) is 28.8 Å². The van der Waals surface area contributed by atoms with Gasteiger partial charge in [-0.2, -0.15) is 0 Å². The topological polar surface area (TPSA) is 41.5 Å². The number of benzene rings is 1. The molecule has 2 rings (SSSR count). The van der Waals surface area contributed by atoms with Gasteiger partial charge < -0.3 is 15.2 Å². The number of rotatable bonds is 4. The molecule has 0 aliphatic carbocycles. The lowest BCUT2D eigenvalue weighted by molar-refractivity contribution is 0.0616. The second-order valence-electron chi connectivity index (χ2n) is 4.86. The van der Waals surface area contributed by atoms with Crippen LogP contribution in [0.15, 0.2) is 16.6 Å². The zero-order chi connectivity index (χ0) is 12.5. The van der Waals surface area contributed by atoms with Crippen LogP contribution in [0.2, 0.25) is 0 Å². The minimum absolute atomic E-state index is 0.564. The van der Waals surface area contributed by atoms with E-state index in [1.807, 2.05) is 20.0 Å². The Labute approximate surface area is 110 Å².